The number of halogens is 5. The first-order valence-corrected chi connectivity index (χ1v) is 5.16. The number of anilines is 1. The largest absolute Gasteiger partial charge is 0.435 e. The molecule has 0 unspecified atom stereocenters. The molecule has 0 aliphatic rings. The highest BCUT2D eigenvalue weighted by atomic mass is 35.5. The van der Waals surface area contributed by atoms with Crippen LogP contribution in [0.25, 0.3) is 5.82 Å². The number of nitrogens with one attached hydrogen (secondary N) is 1. The molecule has 0 amide bonds. The van der Waals surface area contributed by atoms with Crippen LogP contribution in [0.15, 0.2) is 18.3 Å². The fourth-order valence-corrected chi connectivity index (χ4v) is 1.50. The van der Waals surface area contributed by atoms with Gasteiger partial charge in [0.1, 0.15) is 0 Å². The molecule has 5 nitrogen and oxygen atoms in total. The minimum Gasteiger partial charge on any atom is -0.307 e. The molecule has 0 radical (unpaired) electrons. The number of aromatic nitrogens is 3. The third kappa shape index (κ3) is 2.61. The van der Waals surface area contributed by atoms with Crippen LogP contribution < -0.4 is 11.3 Å². The monoisotopic (exact) mass is 295 g/mol. The number of hydrogen-bond donors (Lipinski definition) is 2. The number of hydrogen-bond acceptors (Lipinski definition) is 4. The minimum atomic E-state index is -4.62. The predicted molar refractivity (Wildman–Crippen MR) is 59.1 cm³/mol. The van der Waals surface area contributed by atoms with Crippen molar-refractivity contribution in [1.29, 1.82) is 0 Å². The lowest BCUT2D eigenvalue weighted by molar-refractivity contribution is -0.141. The van der Waals surface area contributed by atoms with Gasteiger partial charge in [0.25, 0.3) is 0 Å². The Morgan fingerprint density at radius 3 is 2.58 bits per heavy atom. The zero-order valence-corrected chi connectivity index (χ0v) is 9.80. The van der Waals surface area contributed by atoms with Crippen molar-refractivity contribution in [2.24, 2.45) is 5.84 Å². The summed E-state index contributed by atoms with van der Waals surface area (Å²) in [4.78, 5) is 3.65. The topological polar surface area (TPSA) is 68.8 Å². The lowest BCUT2D eigenvalue weighted by Crippen LogP contribution is -2.13. The van der Waals surface area contributed by atoms with E-state index in [9.17, 15) is 17.6 Å². The lowest BCUT2D eigenvalue weighted by atomic mass is 10.4. The van der Waals surface area contributed by atoms with Crippen LogP contribution in [0.2, 0.25) is 5.02 Å². The van der Waals surface area contributed by atoms with Gasteiger partial charge in [-0.2, -0.15) is 18.3 Å². The molecule has 0 aromatic carbocycles. The van der Waals surface area contributed by atoms with E-state index in [0.717, 1.165) is 12.3 Å². The molecule has 10 heteroatoms. The van der Waals surface area contributed by atoms with Gasteiger partial charge in [0.05, 0.1) is 5.02 Å². The summed E-state index contributed by atoms with van der Waals surface area (Å²) in [5, 5.41) is 3.09. The number of hydrazine groups is 1. The molecule has 0 bridgehead atoms. The Hall–Kier alpha value is -1.87. The average Bonchev–Trinajstić information content (AvgIpc) is 2.78. The van der Waals surface area contributed by atoms with Gasteiger partial charge in [-0.25, -0.2) is 19.9 Å². The highest BCUT2D eigenvalue weighted by molar-refractivity contribution is 6.32. The van der Waals surface area contributed by atoms with E-state index in [2.05, 4.69) is 15.5 Å². The van der Waals surface area contributed by atoms with Crippen molar-refractivity contribution in [3.8, 4) is 5.82 Å². The summed E-state index contributed by atoms with van der Waals surface area (Å²) in [5.74, 6) is 3.63. The molecule has 0 saturated heterocycles. The van der Waals surface area contributed by atoms with Crippen molar-refractivity contribution in [1.82, 2.24) is 14.8 Å². The van der Waals surface area contributed by atoms with Gasteiger partial charge in [-0.15, -0.1) is 0 Å². The number of nitrogens with zero attached hydrogens (tertiary/aromatic N) is 3. The molecule has 2 heterocycles. The fourth-order valence-electron chi connectivity index (χ4n) is 1.31. The zero-order valence-electron chi connectivity index (χ0n) is 9.04. The van der Waals surface area contributed by atoms with Gasteiger partial charge in [-0.1, -0.05) is 11.6 Å². The number of pyridine rings is 1. The van der Waals surface area contributed by atoms with Crippen LogP contribution in [-0.4, -0.2) is 14.8 Å². The smallest absolute Gasteiger partial charge is 0.307 e. The molecule has 0 fully saturated rings. The molecule has 0 spiro atoms. The van der Waals surface area contributed by atoms with Gasteiger partial charge in [0.15, 0.2) is 23.1 Å². The van der Waals surface area contributed by atoms with Gasteiger partial charge >= 0.3 is 6.18 Å². The van der Waals surface area contributed by atoms with E-state index in [1.54, 1.807) is 0 Å². The molecular formula is C9H6ClF4N5. The second-order valence-electron chi connectivity index (χ2n) is 3.41. The summed E-state index contributed by atoms with van der Waals surface area (Å²) >= 11 is 5.61. The summed E-state index contributed by atoms with van der Waals surface area (Å²) < 4.78 is 51.4. The molecular weight excluding hydrogens is 290 g/mol. The molecule has 0 saturated carbocycles. The van der Waals surface area contributed by atoms with Crippen LogP contribution in [0.3, 0.4) is 0 Å². The van der Waals surface area contributed by atoms with Crippen molar-refractivity contribution in [2.75, 3.05) is 5.43 Å². The summed E-state index contributed by atoms with van der Waals surface area (Å²) in [7, 11) is 0. The van der Waals surface area contributed by atoms with Crippen LogP contribution in [0, 0.1) is 5.82 Å². The third-order valence-electron chi connectivity index (χ3n) is 2.14. The van der Waals surface area contributed by atoms with E-state index >= 15 is 0 Å². The maximum absolute atomic E-state index is 13.6. The summed E-state index contributed by atoms with van der Waals surface area (Å²) in [6.07, 6.45) is -3.69. The van der Waals surface area contributed by atoms with Crippen LogP contribution >= 0.6 is 11.6 Å². The van der Waals surface area contributed by atoms with E-state index < -0.39 is 23.5 Å². The fraction of sp³-hybridized carbons (Fsp3) is 0.111. The number of alkyl halides is 3. The Bertz CT molecular complexity index is 609. The van der Waals surface area contributed by atoms with E-state index in [0.29, 0.717) is 10.7 Å². The summed E-state index contributed by atoms with van der Waals surface area (Å²) in [6.45, 7) is 0. The van der Waals surface area contributed by atoms with E-state index in [1.165, 1.54) is 0 Å². The highest BCUT2D eigenvalue weighted by Gasteiger charge is 2.34. The molecule has 0 aliphatic heterocycles. The summed E-state index contributed by atoms with van der Waals surface area (Å²) in [6, 6.07) is 1.57. The average molecular weight is 296 g/mol. The van der Waals surface area contributed by atoms with Crippen LogP contribution in [-0.2, 0) is 6.18 Å². The first kappa shape index (κ1) is 13.6. The predicted octanol–water partition coefficient (Wildman–Crippen LogP) is 2.36. The van der Waals surface area contributed by atoms with Crippen molar-refractivity contribution >= 4 is 17.4 Å². The van der Waals surface area contributed by atoms with Gasteiger partial charge in [-0.05, 0) is 6.07 Å². The number of nitrogens with two attached hydrogens (primary N) is 1. The van der Waals surface area contributed by atoms with Crippen molar-refractivity contribution in [3.05, 3.63) is 34.9 Å². The summed E-state index contributed by atoms with van der Waals surface area (Å²) in [5.41, 5.74) is 0.935. The van der Waals surface area contributed by atoms with Gasteiger partial charge in [-0.3, -0.25) is 0 Å². The molecule has 2 aromatic heterocycles. The normalized spacial score (nSPS) is 11.7. The molecule has 0 aliphatic carbocycles. The van der Waals surface area contributed by atoms with E-state index in [4.69, 9.17) is 17.4 Å². The Kier molecular flexibility index (Phi) is 3.33. The van der Waals surface area contributed by atoms with Crippen molar-refractivity contribution in [2.45, 2.75) is 6.18 Å². The third-order valence-corrected chi connectivity index (χ3v) is 2.43. The van der Waals surface area contributed by atoms with Gasteiger partial charge in [0, 0.05) is 12.3 Å². The highest BCUT2D eigenvalue weighted by Crippen LogP contribution is 2.28. The standard InChI is InChI=1S/C9H6ClF4N5/c10-4-3-5(11)8(16-7(4)17-15)19-2-1-6(18-19)9(12,13)14/h1-3H,15H2,(H,16,17). The Morgan fingerprint density at radius 1 is 1.37 bits per heavy atom. The molecule has 102 valence electrons. The maximum atomic E-state index is 13.6. The Balaban J connectivity index is 2.50. The van der Waals surface area contributed by atoms with E-state index in [-0.39, 0.29) is 10.8 Å². The first-order chi connectivity index (χ1) is 8.82. The molecule has 2 aromatic rings. The first-order valence-electron chi connectivity index (χ1n) is 4.79. The number of nitrogen functional groups attached to an aromatic ring is 1. The van der Waals surface area contributed by atoms with Crippen molar-refractivity contribution in [3.63, 3.8) is 0 Å². The van der Waals surface area contributed by atoms with Gasteiger partial charge < -0.3 is 5.43 Å². The molecule has 0 atom stereocenters. The molecule has 19 heavy (non-hydrogen) atoms. The van der Waals surface area contributed by atoms with Crippen LogP contribution in [0.4, 0.5) is 23.4 Å². The zero-order chi connectivity index (χ0) is 14.2. The van der Waals surface area contributed by atoms with Crippen molar-refractivity contribution < 1.29 is 17.6 Å². The maximum Gasteiger partial charge on any atom is 0.435 e. The molecule has 2 rings (SSSR count). The molecule has 3 N–H and O–H groups in total. The van der Waals surface area contributed by atoms with Crippen LogP contribution in [0.1, 0.15) is 5.69 Å². The Morgan fingerprint density at radius 2 is 2.05 bits per heavy atom. The van der Waals surface area contributed by atoms with Crippen LogP contribution in [0.5, 0.6) is 0 Å². The van der Waals surface area contributed by atoms with Gasteiger partial charge in [0.2, 0.25) is 0 Å². The second-order valence-corrected chi connectivity index (χ2v) is 3.82. The van der Waals surface area contributed by atoms with E-state index in [1.807, 2.05) is 0 Å². The number of rotatable bonds is 2. The minimum absolute atomic E-state index is 0.0814. The lowest BCUT2D eigenvalue weighted by Gasteiger charge is -2.07. The SMILES string of the molecule is NNc1nc(-n2ccc(C(F)(F)F)n2)c(F)cc1Cl. The Labute approximate surface area is 109 Å². The second kappa shape index (κ2) is 4.67. The quantitative estimate of drug-likeness (QED) is 0.507.